The van der Waals surface area contributed by atoms with Crippen LogP contribution in [0.3, 0.4) is 0 Å². The van der Waals surface area contributed by atoms with Crippen molar-refractivity contribution in [2.24, 2.45) is 0 Å². The average molecular weight is 389 g/mol. The molecule has 4 rings (SSSR count). The number of aromatic nitrogens is 1. The molecule has 8 nitrogen and oxygen atoms in total. The molecule has 0 spiro atoms. The van der Waals surface area contributed by atoms with E-state index in [1.165, 1.54) is 6.20 Å². The molecule has 2 N–H and O–H groups in total. The van der Waals surface area contributed by atoms with Crippen LogP contribution >= 0.6 is 0 Å². The zero-order valence-electron chi connectivity index (χ0n) is 14.5. The van der Waals surface area contributed by atoms with Crippen molar-refractivity contribution < 1.29 is 22.7 Å². The van der Waals surface area contributed by atoms with E-state index in [2.05, 4.69) is 15.6 Å². The average Bonchev–Trinajstić information content (AvgIpc) is 3.00. The van der Waals surface area contributed by atoms with Gasteiger partial charge in [-0.1, -0.05) is 0 Å². The van der Waals surface area contributed by atoms with Crippen molar-refractivity contribution in [3.63, 3.8) is 0 Å². The predicted octanol–water partition coefficient (Wildman–Crippen LogP) is 1.51. The van der Waals surface area contributed by atoms with Crippen LogP contribution in [-0.4, -0.2) is 50.1 Å². The Kier molecular flexibility index (Phi) is 4.61. The molecule has 3 heterocycles. The first-order valence-corrected chi connectivity index (χ1v) is 10.4. The van der Waals surface area contributed by atoms with Gasteiger partial charge in [0, 0.05) is 24.0 Å². The summed E-state index contributed by atoms with van der Waals surface area (Å²) < 4.78 is 34.0. The lowest BCUT2D eigenvalue weighted by Gasteiger charge is -2.19. The molecule has 0 radical (unpaired) electrons. The van der Waals surface area contributed by atoms with Crippen molar-refractivity contribution in [2.75, 3.05) is 30.0 Å². The van der Waals surface area contributed by atoms with Gasteiger partial charge >= 0.3 is 0 Å². The monoisotopic (exact) mass is 389 g/mol. The second-order valence-electron chi connectivity index (χ2n) is 6.49. The summed E-state index contributed by atoms with van der Waals surface area (Å²) in [6.07, 6.45) is 1.91. The summed E-state index contributed by atoms with van der Waals surface area (Å²) in [5, 5.41) is 5.89. The molecule has 2 aliphatic rings. The number of hydrogen-bond donors (Lipinski definition) is 2. The minimum absolute atomic E-state index is 0.00405. The lowest BCUT2D eigenvalue weighted by molar-refractivity contribution is 0.0941. The number of carbonyl (C=O) groups excluding carboxylic acids is 1. The summed E-state index contributed by atoms with van der Waals surface area (Å²) in [7, 11) is -3.03. The molecular weight excluding hydrogens is 370 g/mol. The highest BCUT2D eigenvalue weighted by Gasteiger charge is 2.29. The maximum atomic E-state index is 12.2. The maximum absolute atomic E-state index is 12.2. The zero-order chi connectivity index (χ0) is 18.9. The van der Waals surface area contributed by atoms with Gasteiger partial charge in [0.1, 0.15) is 19.0 Å². The number of carbonyl (C=O) groups is 1. The first kappa shape index (κ1) is 17.6. The number of rotatable bonds is 4. The molecule has 1 unspecified atom stereocenters. The largest absolute Gasteiger partial charge is 0.486 e. The minimum Gasteiger partial charge on any atom is -0.486 e. The van der Waals surface area contributed by atoms with Gasteiger partial charge in [-0.2, -0.15) is 0 Å². The first-order valence-electron chi connectivity index (χ1n) is 8.62. The van der Waals surface area contributed by atoms with Gasteiger partial charge in [0.25, 0.3) is 5.91 Å². The van der Waals surface area contributed by atoms with E-state index in [-0.39, 0.29) is 23.5 Å². The Morgan fingerprint density at radius 1 is 1.11 bits per heavy atom. The highest BCUT2D eigenvalue weighted by atomic mass is 32.2. The molecule has 1 amide bonds. The van der Waals surface area contributed by atoms with Gasteiger partial charge in [0.15, 0.2) is 21.3 Å². The fraction of sp³-hybridized carbons (Fsp3) is 0.333. The Labute approximate surface area is 156 Å². The van der Waals surface area contributed by atoms with E-state index in [1.807, 2.05) is 18.2 Å². The zero-order valence-corrected chi connectivity index (χ0v) is 15.3. The van der Waals surface area contributed by atoms with Gasteiger partial charge in [0.2, 0.25) is 0 Å². The van der Waals surface area contributed by atoms with Crippen molar-refractivity contribution >= 4 is 27.2 Å². The number of ether oxygens (including phenoxy) is 2. The van der Waals surface area contributed by atoms with Crippen LogP contribution in [0.1, 0.15) is 16.8 Å². The van der Waals surface area contributed by atoms with Crippen LogP contribution in [0.15, 0.2) is 36.5 Å². The van der Waals surface area contributed by atoms with Gasteiger partial charge in [-0.25, -0.2) is 13.4 Å². The number of nitrogens with one attached hydrogen (secondary N) is 2. The smallest absolute Gasteiger partial charge is 0.253 e. The Balaban J connectivity index is 1.39. The molecule has 1 atom stereocenters. The van der Waals surface area contributed by atoms with Gasteiger partial charge in [0.05, 0.1) is 17.1 Å². The van der Waals surface area contributed by atoms with Gasteiger partial charge in [-0.3, -0.25) is 4.79 Å². The second kappa shape index (κ2) is 7.07. The Morgan fingerprint density at radius 3 is 2.63 bits per heavy atom. The van der Waals surface area contributed by atoms with E-state index in [4.69, 9.17) is 9.47 Å². The standard InChI is InChI=1S/C18H19N3O5S/c22-18(21-14-5-8-27(23,24)11-14)12-1-4-17(19-10-12)20-13-2-3-15-16(9-13)26-7-6-25-15/h1-4,9-10,14H,5-8,11H2,(H,19,20)(H,21,22). The lowest BCUT2D eigenvalue weighted by Crippen LogP contribution is -2.35. The number of amides is 1. The fourth-order valence-corrected chi connectivity index (χ4v) is 4.72. The molecule has 9 heteroatoms. The number of benzene rings is 1. The number of fused-ring (bicyclic) bond motifs is 1. The van der Waals surface area contributed by atoms with Gasteiger partial charge in [-0.15, -0.1) is 0 Å². The number of hydrogen-bond acceptors (Lipinski definition) is 7. The fourth-order valence-electron chi connectivity index (χ4n) is 3.05. The highest BCUT2D eigenvalue weighted by Crippen LogP contribution is 2.33. The van der Waals surface area contributed by atoms with Gasteiger partial charge in [-0.05, 0) is 30.7 Å². The van der Waals surface area contributed by atoms with Crippen molar-refractivity contribution in [1.82, 2.24) is 10.3 Å². The molecule has 2 aromatic rings. The van der Waals surface area contributed by atoms with Crippen molar-refractivity contribution in [2.45, 2.75) is 12.5 Å². The maximum Gasteiger partial charge on any atom is 0.253 e. The molecule has 0 bridgehead atoms. The minimum atomic E-state index is -3.03. The van der Waals surface area contributed by atoms with Crippen molar-refractivity contribution in [3.8, 4) is 11.5 Å². The van der Waals surface area contributed by atoms with Crippen LogP contribution in [-0.2, 0) is 9.84 Å². The highest BCUT2D eigenvalue weighted by molar-refractivity contribution is 7.91. The third-order valence-corrected chi connectivity index (χ3v) is 6.18. The van der Waals surface area contributed by atoms with Crippen LogP contribution in [0, 0.1) is 0 Å². The molecule has 142 valence electrons. The van der Waals surface area contributed by atoms with Crippen LogP contribution in [0.2, 0.25) is 0 Å². The summed E-state index contributed by atoms with van der Waals surface area (Å²) >= 11 is 0. The third-order valence-electron chi connectivity index (χ3n) is 4.41. The van der Waals surface area contributed by atoms with E-state index >= 15 is 0 Å². The lowest BCUT2D eigenvalue weighted by atomic mass is 10.2. The second-order valence-corrected chi connectivity index (χ2v) is 8.72. The Morgan fingerprint density at radius 2 is 1.93 bits per heavy atom. The molecular formula is C18H19N3O5S. The van der Waals surface area contributed by atoms with E-state index < -0.39 is 9.84 Å². The molecule has 1 aromatic heterocycles. The summed E-state index contributed by atoms with van der Waals surface area (Å²) in [6, 6.07) is 8.52. The van der Waals surface area contributed by atoms with E-state index in [0.29, 0.717) is 42.5 Å². The Bertz CT molecular complexity index is 959. The molecule has 1 saturated heterocycles. The Hall–Kier alpha value is -2.81. The summed E-state index contributed by atoms with van der Waals surface area (Å²) in [6.45, 7) is 1.05. The van der Waals surface area contributed by atoms with Crippen LogP contribution in [0.5, 0.6) is 11.5 Å². The summed E-state index contributed by atoms with van der Waals surface area (Å²) in [4.78, 5) is 16.5. The molecule has 0 saturated carbocycles. The van der Waals surface area contributed by atoms with Crippen molar-refractivity contribution in [3.05, 3.63) is 42.1 Å². The van der Waals surface area contributed by atoms with Crippen LogP contribution in [0.4, 0.5) is 11.5 Å². The normalized spacial score (nSPS) is 20.1. The first-order chi connectivity index (χ1) is 13.0. The third kappa shape index (κ3) is 4.13. The molecule has 27 heavy (non-hydrogen) atoms. The number of pyridine rings is 1. The number of anilines is 2. The SMILES string of the molecule is O=C(NC1CCS(=O)(=O)C1)c1ccc(Nc2ccc3c(c2)OCCO3)nc1. The van der Waals surface area contributed by atoms with Crippen LogP contribution in [0.25, 0.3) is 0 Å². The van der Waals surface area contributed by atoms with Gasteiger partial charge < -0.3 is 20.1 Å². The van der Waals surface area contributed by atoms with E-state index in [1.54, 1.807) is 12.1 Å². The molecule has 1 fully saturated rings. The quantitative estimate of drug-likeness (QED) is 0.816. The predicted molar refractivity (Wildman–Crippen MR) is 99.5 cm³/mol. The number of sulfone groups is 1. The van der Waals surface area contributed by atoms with E-state index in [0.717, 1.165) is 5.69 Å². The molecule has 0 aliphatic carbocycles. The molecule has 2 aliphatic heterocycles. The van der Waals surface area contributed by atoms with Crippen molar-refractivity contribution in [1.29, 1.82) is 0 Å². The van der Waals surface area contributed by atoms with Crippen LogP contribution < -0.4 is 20.1 Å². The molecule has 1 aromatic carbocycles. The number of nitrogens with zero attached hydrogens (tertiary/aromatic N) is 1. The summed E-state index contributed by atoms with van der Waals surface area (Å²) in [5.41, 5.74) is 1.17. The summed E-state index contributed by atoms with van der Waals surface area (Å²) in [5.74, 6) is 1.75. The topological polar surface area (TPSA) is 107 Å². The van der Waals surface area contributed by atoms with E-state index in [9.17, 15) is 13.2 Å².